The molecule has 7 heteroatoms. The number of aromatic nitrogens is 2. The van der Waals surface area contributed by atoms with Crippen molar-refractivity contribution >= 4 is 5.91 Å². The normalized spacial score (nSPS) is 22.0. The number of hydrogen-bond donors (Lipinski definition) is 1. The van der Waals surface area contributed by atoms with Crippen molar-refractivity contribution < 1.29 is 13.7 Å². The smallest absolute Gasteiger partial charge is 0.227 e. The Hall–Kier alpha value is -2.15. The molecular formula is C15H20N4O3. The second-order valence-electron chi connectivity index (χ2n) is 5.79. The van der Waals surface area contributed by atoms with Crippen LogP contribution in [0.1, 0.15) is 26.2 Å². The summed E-state index contributed by atoms with van der Waals surface area (Å²) in [5, 5.41) is 7.31. The van der Waals surface area contributed by atoms with Gasteiger partial charge in [0, 0.05) is 38.0 Å². The summed E-state index contributed by atoms with van der Waals surface area (Å²) in [5.41, 5.74) is 0.770. The maximum atomic E-state index is 12.3. The monoisotopic (exact) mass is 304 g/mol. The zero-order chi connectivity index (χ0) is 15.5. The molecule has 1 amide bonds. The minimum atomic E-state index is 0.128. The Labute approximate surface area is 128 Å². The Balaban J connectivity index is 1.55. The van der Waals surface area contributed by atoms with E-state index in [1.807, 2.05) is 4.90 Å². The average Bonchev–Trinajstić information content (AvgIpc) is 3.14. The maximum Gasteiger partial charge on any atom is 0.227 e. The number of nitrogens with one attached hydrogen (secondary N) is 1. The molecule has 1 aliphatic rings. The molecule has 118 valence electrons. The molecule has 0 aromatic carbocycles. The van der Waals surface area contributed by atoms with E-state index in [2.05, 4.69) is 29.3 Å². The van der Waals surface area contributed by atoms with Crippen LogP contribution in [0.2, 0.25) is 0 Å². The predicted octanol–water partition coefficient (Wildman–Crippen LogP) is 1.47. The summed E-state index contributed by atoms with van der Waals surface area (Å²) in [4.78, 5) is 18.5. The fourth-order valence-electron chi connectivity index (χ4n) is 2.77. The summed E-state index contributed by atoms with van der Waals surface area (Å²) in [6.45, 7) is 5.66. The van der Waals surface area contributed by atoms with Crippen LogP contribution in [0.3, 0.4) is 0 Å². The quantitative estimate of drug-likeness (QED) is 0.921. The van der Waals surface area contributed by atoms with E-state index in [1.54, 1.807) is 18.6 Å². The number of aryl methyl sites for hydroxylation is 1. The van der Waals surface area contributed by atoms with E-state index in [0.717, 1.165) is 18.7 Å². The number of carbonyl (C=O) groups excluding carboxylic acids is 1. The van der Waals surface area contributed by atoms with E-state index in [9.17, 15) is 4.79 Å². The Morgan fingerprint density at radius 3 is 2.86 bits per heavy atom. The van der Waals surface area contributed by atoms with E-state index in [1.165, 1.54) is 0 Å². The second kappa shape index (κ2) is 6.31. The fourth-order valence-corrected chi connectivity index (χ4v) is 2.77. The molecule has 3 rings (SSSR count). The van der Waals surface area contributed by atoms with Crippen LogP contribution < -0.4 is 5.32 Å². The van der Waals surface area contributed by atoms with Crippen molar-refractivity contribution in [2.24, 2.45) is 0 Å². The van der Waals surface area contributed by atoms with Crippen LogP contribution in [0, 0.1) is 0 Å². The Bertz CT molecular complexity index is 613. The highest BCUT2D eigenvalue weighted by Crippen LogP contribution is 2.16. The summed E-state index contributed by atoms with van der Waals surface area (Å²) in [6.07, 6.45) is 3.95. The van der Waals surface area contributed by atoms with Crippen molar-refractivity contribution in [1.82, 2.24) is 20.4 Å². The van der Waals surface area contributed by atoms with Gasteiger partial charge in [-0.1, -0.05) is 5.16 Å². The first kappa shape index (κ1) is 14.8. The molecule has 0 saturated carbocycles. The van der Waals surface area contributed by atoms with Crippen LogP contribution in [0.15, 0.2) is 27.5 Å². The molecule has 1 aliphatic heterocycles. The van der Waals surface area contributed by atoms with Gasteiger partial charge in [0.1, 0.15) is 6.26 Å². The number of hydrogen-bond acceptors (Lipinski definition) is 6. The number of rotatable bonds is 4. The summed E-state index contributed by atoms with van der Waals surface area (Å²) in [7, 11) is 0. The molecule has 22 heavy (non-hydrogen) atoms. The van der Waals surface area contributed by atoms with Crippen molar-refractivity contribution in [3.63, 3.8) is 0 Å². The molecule has 0 radical (unpaired) electrons. The second-order valence-corrected chi connectivity index (χ2v) is 5.79. The molecule has 7 nitrogen and oxygen atoms in total. The topological polar surface area (TPSA) is 84.4 Å². The minimum absolute atomic E-state index is 0.128. The number of furan rings is 1. The van der Waals surface area contributed by atoms with Crippen LogP contribution in [-0.2, 0) is 11.2 Å². The van der Waals surface area contributed by atoms with Gasteiger partial charge in [0.2, 0.25) is 17.6 Å². The zero-order valence-electron chi connectivity index (χ0n) is 12.8. The molecule has 2 aromatic rings. The van der Waals surface area contributed by atoms with Gasteiger partial charge in [-0.25, -0.2) is 0 Å². The maximum absolute atomic E-state index is 12.3. The summed E-state index contributed by atoms with van der Waals surface area (Å²) >= 11 is 0. The van der Waals surface area contributed by atoms with Crippen molar-refractivity contribution in [1.29, 1.82) is 0 Å². The third-order valence-electron chi connectivity index (χ3n) is 3.71. The lowest BCUT2D eigenvalue weighted by atomic mass is 10.1. The van der Waals surface area contributed by atoms with E-state index < -0.39 is 0 Å². The van der Waals surface area contributed by atoms with Crippen molar-refractivity contribution in [3.8, 4) is 11.4 Å². The van der Waals surface area contributed by atoms with Gasteiger partial charge in [-0.05, 0) is 19.9 Å². The van der Waals surface area contributed by atoms with Crippen molar-refractivity contribution in [2.75, 3.05) is 13.1 Å². The highest BCUT2D eigenvalue weighted by molar-refractivity contribution is 5.76. The van der Waals surface area contributed by atoms with Gasteiger partial charge in [0.05, 0.1) is 11.8 Å². The fraction of sp³-hybridized carbons (Fsp3) is 0.533. The Morgan fingerprint density at radius 1 is 1.41 bits per heavy atom. The van der Waals surface area contributed by atoms with E-state index in [0.29, 0.717) is 36.6 Å². The molecule has 2 atom stereocenters. The first-order valence-electron chi connectivity index (χ1n) is 7.51. The highest BCUT2D eigenvalue weighted by atomic mass is 16.5. The van der Waals surface area contributed by atoms with Crippen molar-refractivity contribution in [2.45, 2.75) is 38.8 Å². The van der Waals surface area contributed by atoms with Crippen LogP contribution in [0.4, 0.5) is 0 Å². The molecule has 1 fully saturated rings. The van der Waals surface area contributed by atoms with E-state index in [4.69, 9.17) is 8.94 Å². The third kappa shape index (κ3) is 3.36. The van der Waals surface area contributed by atoms with E-state index >= 15 is 0 Å². The van der Waals surface area contributed by atoms with Crippen LogP contribution in [0.5, 0.6) is 0 Å². The van der Waals surface area contributed by atoms with Gasteiger partial charge in [0.15, 0.2) is 0 Å². The average molecular weight is 304 g/mol. The van der Waals surface area contributed by atoms with Crippen molar-refractivity contribution in [3.05, 3.63) is 24.5 Å². The van der Waals surface area contributed by atoms with Gasteiger partial charge in [-0.2, -0.15) is 4.98 Å². The molecule has 0 spiro atoms. The number of nitrogens with zero attached hydrogens (tertiary/aromatic N) is 3. The van der Waals surface area contributed by atoms with Crippen LogP contribution >= 0.6 is 0 Å². The van der Waals surface area contributed by atoms with Gasteiger partial charge in [0.25, 0.3) is 0 Å². The largest absolute Gasteiger partial charge is 0.472 e. The minimum Gasteiger partial charge on any atom is -0.472 e. The first-order valence-corrected chi connectivity index (χ1v) is 7.51. The Kier molecular flexibility index (Phi) is 4.24. The molecule has 0 bridgehead atoms. The van der Waals surface area contributed by atoms with Gasteiger partial charge in [-0.15, -0.1) is 0 Å². The van der Waals surface area contributed by atoms with Crippen LogP contribution in [-0.4, -0.2) is 46.1 Å². The number of carbonyl (C=O) groups is 1. The molecule has 0 aliphatic carbocycles. The lowest BCUT2D eigenvalue weighted by Crippen LogP contribution is -2.55. The summed E-state index contributed by atoms with van der Waals surface area (Å²) in [6, 6.07) is 2.41. The molecule has 2 aromatic heterocycles. The van der Waals surface area contributed by atoms with Crippen LogP contribution in [0.25, 0.3) is 11.4 Å². The SMILES string of the molecule is CC1CN(C(=O)CCc2nc(-c3ccoc3)no2)CC(C)N1. The highest BCUT2D eigenvalue weighted by Gasteiger charge is 2.24. The predicted molar refractivity (Wildman–Crippen MR) is 79.0 cm³/mol. The van der Waals surface area contributed by atoms with Gasteiger partial charge in [-0.3, -0.25) is 4.79 Å². The third-order valence-corrected chi connectivity index (χ3v) is 3.71. The lowest BCUT2D eigenvalue weighted by molar-refractivity contribution is -0.133. The number of amides is 1. The molecule has 2 unspecified atom stereocenters. The lowest BCUT2D eigenvalue weighted by Gasteiger charge is -2.36. The van der Waals surface area contributed by atoms with Gasteiger partial charge < -0.3 is 19.2 Å². The molecule has 1 saturated heterocycles. The summed E-state index contributed by atoms with van der Waals surface area (Å²) in [5.74, 6) is 1.09. The van der Waals surface area contributed by atoms with Gasteiger partial charge >= 0.3 is 0 Å². The standard InChI is InChI=1S/C15H20N4O3/c1-10-7-19(8-11(2)16-10)14(20)4-3-13-17-15(18-22-13)12-5-6-21-9-12/h5-6,9-11,16H,3-4,7-8H2,1-2H3. The zero-order valence-corrected chi connectivity index (χ0v) is 12.8. The Morgan fingerprint density at radius 2 is 2.18 bits per heavy atom. The number of piperazine rings is 1. The molecule has 1 N–H and O–H groups in total. The van der Waals surface area contributed by atoms with E-state index in [-0.39, 0.29) is 5.91 Å². The molecule has 3 heterocycles. The summed E-state index contributed by atoms with van der Waals surface area (Å²) < 4.78 is 10.2. The molecular weight excluding hydrogens is 284 g/mol. The first-order chi connectivity index (χ1) is 10.6.